The van der Waals surface area contributed by atoms with Crippen molar-refractivity contribution < 1.29 is 80.2 Å². The van der Waals surface area contributed by atoms with Crippen LogP contribution in [-0.4, -0.2) is 96.7 Å². The van der Waals surface area contributed by atoms with Crippen LogP contribution in [-0.2, 0) is 65.4 Å². The average molecular weight is 1170 g/mol. The lowest BCUT2D eigenvalue weighted by atomic mass is 10.00. The Morgan fingerprint density at radius 3 is 0.962 bits per heavy atom. The highest BCUT2D eigenvalue weighted by Crippen LogP contribution is 2.45. The van der Waals surface area contributed by atoms with Gasteiger partial charge in [-0.3, -0.25) is 37.3 Å². The number of hydrogen-bond donors (Lipinski definition) is 3. The van der Waals surface area contributed by atoms with Crippen molar-refractivity contribution in [2.45, 2.75) is 310 Å². The average Bonchev–Trinajstić information content (AvgIpc) is 3.41. The minimum Gasteiger partial charge on any atom is -0.462 e. The molecule has 0 heterocycles. The van der Waals surface area contributed by atoms with Crippen molar-refractivity contribution in [3.05, 3.63) is 0 Å². The second-order valence-electron chi connectivity index (χ2n) is 22.5. The van der Waals surface area contributed by atoms with Gasteiger partial charge in [0.15, 0.2) is 12.2 Å². The van der Waals surface area contributed by atoms with Crippen molar-refractivity contribution in [2.75, 3.05) is 39.6 Å². The summed E-state index contributed by atoms with van der Waals surface area (Å²) in [4.78, 5) is 71.8. The predicted octanol–water partition coefficient (Wildman–Crippen LogP) is 16.1. The lowest BCUT2D eigenvalue weighted by Gasteiger charge is -2.21. The first-order valence-corrected chi connectivity index (χ1v) is 34.5. The molecule has 0 aliphatic heterocycles. The van der Waals surface area contributed by atoms with E-state index in [9.17, 15) is 43.2 Å². The zero-order chi connectivity index (χ0) is 58.7. The summed E-state index contributed by atoms with van der Waals surface area (Å²) in [5.74, 6) is -0.651. The molecular formula is C60H116O17P2. The fourth-order valence-corrected chi connectivity index (χ4v) is 10.4. The Labute approximate surface area is 479 Å². The predicted molar refractivity (Wildman–Crippen MR) is 312 cm³/mol. The molecule has 0 radical (unpaired) electrons. The number of aliphatic hydroxyl groups is 1. The molecular weight excluding hydrogens is 1050 g/mol. The molecule has 0 fully saturated rings. The number of carbonyl (C=O) groups excluding carboxylic acids is 4. The van der Waals surface area contributed by atoms with Crippen molar-refractivity contribution in [2.24, 2.45) is 11.8 Å². The molecule has 0 aromatic heterocycles. The summed E-state index contributed by atoms with van der Waals surface area (Å²) in [6.07, 6.45) is 33.6. The molecule has 0 rings (SSSR count). The molecule has 79 heavy (non-hydrogen) atoms. The second-order valence-corrected chi connectivity index (χ2v) is 25.4. The van der Waals surface area contributed by atoms with Crippen LogP contribution in [0.15, 0.2) is 0 Å². The minimum absolute atomic E-state index is 0.104. The Hall–Kier alpha value is -1.94. The Bertz CT molecular complexity index is 1570. The van der Waals surface area contributed by atoms with Crippen LogP contribution in [0.4, 0.5) is 0 Å². The van der Waals surface area contributed by atoms with E-state index in [0.717, 1.165) is 127 Å². The molecule has 0 saturated carbocycles. The normalized spacial score (nSPS) is 14.8. The molecule has 17 nitrogen and oxygen atoms in total. The molecule has 6 atom stereocenters. The van der Waals surface area contributed by atoms with Crippen LogP contribution in [0.3, 0.4) is 0 Å². The van der Waals surface area contributed by atoms with E-state index < -0.39 is 97.5 Å². The van der Waals surface area contributed by atoms with E-state index in [4.69, 9.17) is 37.0 Å². The fourth-order valence-electron chi connectivity index (χ4n) is 8.79. The monoisotopic (exact) mass is 1170 g/mol. The molecule has 468 valence electrons. The van der Waals surface area contributed by atoms with E-state index in [1.54, 1.807) is 0 Å². The molecule has 3 N–H and O–H groups in total. The lowest BCUT2D eigenvalue weighted by Crippen LogP contribution is -2.30. The van der Waals surface area contributed by atoms with Gasteiger partial charge in [0.25, 0.3) is 0 Å². The molecule has 0 aromatic carbocycles. The maximum Gasteiger partial charge on any atom is 0.472 e. The third-order valence-electron chi connectivity index (χ3n) is 14.1. The van der Waals surface area contributed by atoms with E-state index in [2.05, 4.69) is 41.5 Å². The number of phosphoric ester groups is 2. The van der Waals surface area contributed by atoms with Gasteiger partial charge in [0.05, 0.1) is 26.4 Å². The highest BCUT2D eigenvalue weighted by atomic mass is 31.2. The molecule has 0 spiro atoms. The number of carbonyl (C=O) groups is 4. The van der Waals surface area contributed by atoms with Gasteiger partial charge < -0.3 is 33.8 Å². The molecule has 0 bridgehead atoms. The van der Waals surface area contributed by atoms with Crippen molar-refractivity contribution >= 4 is 39.5 Å². The van der Waals surface area contributed by atoms with Gasteiger partial charge in [-0.1, -0.05) is 241 Å². The molecule has 0 aliphatic rings. The minimum atomic E-state index is -4.94. The maximum atomic E-state index is 12.9. The summed E-state index contributed by atoms with van der Waals surface area (Å²) in [6, 6.07) is 0. The van der Waals surface area contributed by atoms with Gasteiger partial charge in [0.1, 0.15) is 19.3 Å². The molecule has 3 unspecified atom stereocenters. The number of hydrogen-bond acceptors (Lipinski definition) is 15. The lowest BCUT2D eigenvalue weighted by molar-refractivity contribution is -0.161. The van der Waals surface area contributed by atoms with Crippen molar-refractivity contribution in [1.29, 1.82) is 0 Å². The largest absolute Gasteiger partial charge is 0.472 e. The summed E-state index contributed by atoms with van der Waals surface area (Å²) in [6.45, 7) is 9.35. The first-order chi connectivity index (χ1) is 37.9. The Balaban J connectivity index is 5.21. The zero-order valence-electron chi connectivity index (χ0n) is 50.7. The van der Waals surface area contributed by atoms with Crippen molar-refractivity contribution in [3.63, 3.8) is 0 Å². The van der Waals surface area contributed by atoms with Gasteiger partial charge >= 0.3 is 39.5 Å². The van der Waals surface area contributed by atoms with Crippen LogP contribution >= 0.6 is 15.6 Å². The topological polar surface area (TPSA) is 237 Å². The maximum absolute atomic E-state index is 12.9. The second kappa shape index (κ2) is 52.8. The number of unbranched alkanes of at least 4 members (excludes halogenated alkanes) is 28. The Morgan fingerprint density at radius 1 is 0.367 bits per heavy atom. The molecule has 0 aliphatic carbocycles. The van der Waals surface area contributed by atoms with Gasteiger partial charge in [-0.05, 0) is 37.5 Å². The van der Waals surface area contributed by atoms with Gasteiger partial charge in [-0.2, -0.15) is 0 Å². The number of esters is 4. The highest BCUT2D eigenvalue weighted by Gasteiger charge is 2.30. The number of phosphoric acid groups is 2. The standard InChI is InChI=1S/C60H116O17P2/c1-7-10-12-14-16-24-32-38-44-59(64)76-55(48-70-57(62)42-36-30-22-15-13-11-8-2)50-74-78(66,67)72-46-54(61)47-73-79(68,69)75-51-56(49-71-58(63)43-37-31-27-26-29-35-41-53(6)9-3)77-60(65)45-39-33-25-21-19-17-18-20-23-28-34-40-52(4)5/h52-56,61H,7-51H2,1-6H3,(H,66,67)(H,68,69)/t53?,54-,55+,56+/m0/s1. The first-order valence-electron chi connectivity index (χ1n) is 31.5. The van der Waals surface area contributed by atoms with Gasteiger partial charge in [0, 0.05) is 25.7 Å². The smallest absolute Gasteiger partial charge is 0.462 e. The number of aliphatic hydroxyl groups excluding tert-OH is 1. The molecule has 0 aromatic rings. The number of ether oxygens (including phenoxy) is 4. The van der Waals surface area contributed by atoms with Gasteiger partial charge in [-0.25, -0.2) is 9.13 Å². The highest BCUT2D eigenvalue weighted by molar-refractivity contribution is 7.47. The Morgan fingerprint density at radius 2 is 0.646 bits per heavy atom. The fraction of sp³-hybridized carbons (Fsp3) is 0.933. The van der Waals surface area contributed by atoms with Crippen LogP contribution < -0.4 is 0 Å². The van der Waals surface area contributed by atoms with E-state index in [-0.39, 0.29) is 25.7 Å². The van der Waals surface area contributed by atoms with Crippen LogP contribution in [0, 0.1) is 11.8 Å². The summed E-state index contributed by atoms with van der Waals surface area (Å²) >= 11 is 0. The summed E-state index contributed by atoms with van der Waals surface area (Å²) in [5, 5.41) is 10.5. The SMILES string of the molecule is CCCCCCCCCCC(=O)O[C@H](COC(=O)CCCCCCCCC)COP(=O)(O)OC[C@H](O)COP(=O)(O)OC[C@@H](COC(=O)CCCCCCCCC(C)CC)OC(=O)CCCCCCCCCCCCCC(C)C. The summed E-state index contributed by atoms with van der Waals surface area (Å²) in [7, 11) is -9.87. The summed E-state index contributed by atoms with van der Waals surface area (Å²) < 4.78 is 67.7. The molecule has 19 heteroatoms. The van der Waals surface area contributed by atoms with Crippen LogP contribution in [0.1, 0.15) is 292 Å². The van der Waals surface area contributed by atoms with E-state index >= 15 is 0 Å². The quantitative estimate of drug-likeness (QED) is 0.0222. The van der Waals surface area contributed by atoms with E-state index in [0.29, 0.717) is 25.7 Å². The number of rotatable bonds is 59. The van der Waals surface area contributed by atoms with Crippen LogP contribution in [0.25, 0.3) is 0 Å². The van der Waals surface area contributed by atoms with Crippen molar-refractivity contribution in [1.82, 2.24) is 0 Å². The van der Waals surface area contributed by atoms with Gasteiger partial charge in [-0.15, -0.1) is 0 Å². The van der Waals surface area contributed by atoms with E-state index in [1.165, 1.54) is 83.5 Å². The molecule has 0 saturated heterocycles. The van der Waals surface area contributed by atoms with Crippen molar-refractivity contribution in [3.8, 4) is 0 Å². The third kappa shape index (κ3) is 53.8. The van der Waals surface area contributed by atoms with Crippen LogP contribution in [0.5, 0.6) is 0 Å². The summed E-state index contributed by atoms with van der Waals surface area (Å²) in [5.41, 5.74) is 0. The van der Waals surface area contributed by atoms with Gasteiger partial charge in [0.2, 0.25) is 0 Å². The van der Waals surface area contributed by atoms with E-state index in [1.807, 2.05) is 0 Å². The first kappa shape index (κ1) is 77.1. The Kier molecular flexibility index (Phi) is 51.5. The molecule has 0 amide bonds. The zero-order valence-corrected chi connectivity index (χ0v) is 52.4. The third-order valence-corrected chi connectivity index (χ3v) is 16.0. The van der Waals surface area contributed by atoms with Crippen LogP contribution in [0.2, 0.25) is 0 Å².